The lowest BCUT2D eigenvalue weighted by molar-refractivity contribution is 0.590. The maximum atomic E-state index is 2.60. The minimum atomic E-state index is 0.0536. The van der Waals surface area contributed by atoms with Gasteiger partial charge in [-0.15, -0.1) is 0 Å². The molecule has 0 fully saturated rings. The number of rotatable bonds is 3. The Labute approximate surface area is 284 Å². The summed E-state index contributed by atoms with van der Waals surface area (Å²) in [6.45, 7) is 30.9. The molecule has 6 aromatic rings. The minimum absolute atomic E-state index is 0.0536. The highest BCUT2D eigenvalue weighted by Gasteiger charge is 2.27. The zero-order valence-electron chi connectivity index (χ0n) is 31.2. The Morgan fingerprint density at radius 1 is 0.426 bits per heavy atom. The molecular formula is C46H55N. The van der Waals surface area contributed by atoms with Crippen LogP contribution in [0.25, 0.3) is 54.8 Å². The molecule has 1 heterocycles. The smallest absolute Gasteiger partial charge is 0.0577 e. The summed E-state index contributed by atoms with van der Waals surface area (Å²) >= 11 is 0. The standard InChI is InChI=1S/C46H55N/c1-14-47-41(30-17-21-32(22-18-30)44(5,6)7)39(29-15-19-31(20-16-29)43(2,3)4)40-35-25-23-33(45(8,9)10)27-37(35)38-28-34(46(11,12)13)24-26-36(38)42(40)47/h15-28H,14H2,1-13H3. The Bertz CT molecular complexity index is 2110. The zero-order chi connectivity index (χ0) is 34.3. The van der Waals surface area contributed by atoms with Crippen LogP contribution in [0.4, 0.5) is 0 Å². The summed E-state index contributed by atoms with van der Waals surface area (Å²) < 4.78 is 2.60. The van der Waals surface area contributed by atoms with Crippen LogP contribution < -0.4 is 0 Å². The highest BCUT2D eigenvalue weighted by Crippen LogP contribution is 2.49. The number of fused-ring (bicyclic) bond motifs is 6. The van der Waals surface area contributed by atoms with Crippen molar-refractivity contribution in [2.24, 2.45) is 0 Å². The monoisotopic (exact) mass is 621 g/mol. The van der Waals surface area contributed by atoms with E-state index in [1.165, 1.54) is 77.1 Å². The van der Waals surface area contributed by atoms with Crippen LogP contribution in [0.3, 0.4) is 0 Å². The predicted molar refractivity (Wildman–Crippen MR) is 208 cm³/mol. The SMILES string of the molecule is CCn1c(-c2ccc(C(C)(C)C)cc2)c(-c2ccc(C(C)(C)C)cc2)c2c3ccc(C(C)(C)C)cc3c3cc(C(C)(C)C)ccc3c21. The molecule has 0 aliphatic heterocycles. The van der Waals surface area contributed by atoms with Crippen molar-refractivity contribution >= 4 is 32.4 Å². The van der Waals surface area contributed by atoms with E-state index in [0.29, 0.717) is 0 Å². The van der Waals surface area contributed by atoms with E-state index in [2.05, 4.69) is 180 Å². The maximum Gasteiger partial charge on any atom is 0.0577 e. The van der Waals surface area contributed by atoms with Crippen molar-refractivity contribution in [1.82, 2.24) is 4.57 Å². The summed E-state index contributed by atoms with van der Waals surface area (Å²) in [6, 6.07) is 33.3. The second-order valence-electron chi connectivity index (χ2n) is 17.9. The number of nitrogens with zero attached hydrogens (tertiary/aromatic N) is 1. The summed E-state index contributed by atoms with van der Waals surface area (Å²) in [5, 5.41) is 6.72. The first-order chi connectivity index (χ1) is 21.8. The van der Waals surface area contributed by atoms with Crippen molar-refractivity contribution in [3.8, 4) is 22.4 Å². The summed E-state index contributed by atoms with van der Waals surface area (Å²) in [7, 11) is 0. The fourth-order valence-electron chi connectivity index (χ4n) is 7.21. The van der Waals surface area contributed by atoms with Crippen LogP contribution in [0.1, 0.15) is 112 Å². The number of hydrogen-bond acceptors (Lipinski definition) is 0. The number of benzene rings is 5. The number of hydrogen-bond donors (Lipinski definition) is 0. The van der Waals surface area contributed by atoms with E-state index in [0.717, 1.165) is 6.54 Å². The summed E-state index contributed by atoms with van der Waals surface area (Å²) in [5.41, 5.74) is 12.3. The quantitative estimate of drug-likeness (QED) is 0.173. The van der Waals surface area contributed by atoms with Gasteiger partial charge in [0.05, 0.1) is 11.2 Å². The third kappa shape index (κ3) is 5.81. The van der Waals surface area contributed by atoms with Crippen LogP contribution in [-0.2, 0) is 28.2 Å². The lowest BCUT2D eigenvalue weighted by Gasteiger charge is -2.23. The first-order valence-corrected chi connectivity index (χ1v) is 17.6. The zero-order valence-corrected chi connectivity index (χ0v) is 31.2. The van der Waals surface area contributed by atoms with E-state index in [-0.39, 0.29) is 21.7 Å². The lowest BCUT2D eigenvalue weighted by Crippen LogP contribution is -2.11. The molecule has 1 nitrogen and oxygen atoms in total. The van der Waals surface area contributed by atoms with Gasteiger partial charge in [-0.3, -0.25) is 0 Å². The van der Waals surface area contributed by atoms with Crippen LogP contribution in [0.2, 0.25) is 0 Å². The van der Waals surface area contributed by atoms with Crippen molar-refractivity contribution in [2.75, 3.05) is 0 Å². The van der Waals surface area contributed by atoms with E-state index < -0.39 is 0 Å². The molecule has 0 saturated carbocycles. The largest absolute Gasteiger partial charge is 0.340 e. The van der Waals surface area contributed by atoms with E-state index in [4.69, 9.17) is 0 Å². The van der Waals surface area contributed by atoms with E-state index >= 15 is 0 Å². The average Bonchev–Trinajstić information content (AvgIpc) is 3.34. The molecular weight excluding hydrogens is 567 g/mol. The van der Waals surface area contributed by atoms with E-state index in [1.807, 2.05) is 0 Å². The molecule has 0 atom stereocenters. The first kappa shape index (κ1) is 33.1. The summed E-state index contributed by atoms with van der Waals surface area (Å²) in [4.78, 5) is 0. The maximum absolute atomic E-state index is 2.60. The van der Waals surface area contributed by atoms with Crippen LogP contribution in [-0.4, -0.2) is 4.57 Å². The van der Waals surface area contributed by atoms with E-state index in [1.54, 1.807) is 0 Å². The van der Waals surface area contributed by atoms with Gasteiger partial charge < -0.3 is 4.57 Å². The van der Waals surface area contributed by atoms with Gasteiger partial charge in [0.25, 0.3) is 0 Å². The molecule has 0 bridgehead atoms. The molecule has 0 amide bonds. The Morgan fingerprint density at radius 2 is 0.809 bits per heavy atom. The van der Waals surface area contributed by atoms with Crippen LogP contribution in [0, 0.1) is 0 Å². The Morgan fingerprint density at radius 3 is 1.23 bits per heavy atom. The van der Waals surface area contributed by atoms with Crippen LogP contribution in [0.15, 0.2) is 84.9 Å². The highest BCUT2D eigenvalue weighted by molar-refractivity contribution is 6.30. The Balaban J connectivity index is 1.84. The molecule has 0 radical (unpaired) electrons. The molecule has 0 aliphatic carbocycles. The van der Waals surface area contributed by atoms with Gasteiger partial charge >= 0.3 is 0 Å². The fraction of sp³-hybridized carbons (Fsp3) is 0.391. The minimum Gasteiger partial charge on any atom is -0.340 e. The van der Waals surface area contributed by atoms with Crippen molar-refractivity contribution in [2.45, 2.75) is 118 Å². The summed E-state index contributed by atoms with van der Waals surface area (Å²) in [6.07, 6.45) is 0. The molecule has 1 heteroatoms. The van der Waals surface area contributed by atoms with Gasteiger partial charge in [-0.2, -0.15) is 0 Å². The average molecular weight is 622 g/mol. The van der Waals surface area contributed by atoms with E-state index in [9.17, 15) is 0 Å². The molecule has 244 valence electrons. The van der Waals surface area contributed by atoms with Gasteiger partial charge in [-0.05, 0) is 90.3 Å². The summed E-state index contributed by atoms with van der Waals surface area (Å²) in [5.74, 6) is 0. The molecule has 0 N–H and O–H groups in total. The van der Waals surface area contributed by atoms with Crippen LogP contribution >= 0.6 is 0 Å². The van der Waals surface area contributed by atoms with Crippen LogP contribution in [0.5, 0.6) is 0 Å². The van der Waals surface area contributed by atoms with Crippen molar-refractivity contribution in [3.05, 3.63) is 107 Å². The predicted octanol–water partition coefficient (Wildman–Crippen LogP) is 13.5. The topological polar surface area (TPSA) is 4.93 Å². The number of aryl methyl sites for hydroxylation is 1. The van der Waals surface area contributed by atoms with Gasteiger partial charge in [-0.25, -0.2) is 0 Å². The van der Waals surface area contributed by atoms with Crippen molar-refractivity contribution < 1.29 is 0 Å². The Hall–Kier alpha value is -3.84. The third-order valence-electron chi connectivity index (χ3n) is 10.2. The molecule has 5 aromatic carbocycles. The molecule has 1 aromatic heterocycles. The van der Waals surface area contributed by atoms with Gasteiger partial charge in [0.1, 0.15) is 0 Å². The third-order valence-corrected chi connectivity index (χ3v) is 10.2. The Kier molecular flexibility index (Phi) is 7.82. The molecule has 0 spiro atoms. The lowest BCUT2D eigenvalue weighted by atomic mass is 9.82. The molecule has 47 heavy (non-hydrogen) atoms. The van der Waals surface area contributed by atoms with Crippen molar-refractivity contribution in [3.63, 3.8) is 0 Å². The van der Waals surface area contributed by atoms with Gasteiger partial charge in [0.15, 0.2) is 0 Å². The molecule has 0 saturated heterocycles. The highest BCUT2D eigenvalue weighted by atomic mass is 15.0. The van der Waals surface area contributed by atoms with Gasteiger partial charge in [0, 0.05) is 22.9 Å². The van der Waals surface area contributed by atoms with Gasteiger partial charge in [0.2, 0.25) is 0 Å². The first-order valence-electron chi connectivity index (χ1n) is 17.6. The second kappa shape index (κ2) is 11.1. The number of aromatic nitrogens is 1. The van der Waals surface area contributed by atoms with Gasteiger partial charge in [-0.1, -0.05) is 156 Å². The second-order valence-corrected chi connectivity index (χ2v) is 17.9. The molecule has 6 rings (SSSR count). The fourth-order valence-corrected chi connectivity index (χ4v) is 7.21. The molecule has 0 unspecified atom stereocenters. The normalized spacial score (nSPS) is 13.3. The molecule has 0 aliphatic rings. The van der Waals surface area contributed by atoms with Crippen molar-refractivity contribution in [1.29, 1.82) is 0 Å².